The molecule has 106 valence electrons. The SMILES string of the molecule is COc1ccc(CC(C)NC(=O)CCN)cc1OC. The van der Waals surface area contributed by atoms with Crippen molar-refractivity contribution in [1.82, 2.24) is 5.32 Å². The van der Waals surface area contributed by atoms with Gasteiger partial charge in [0.2, 0.25) is 5.91 Å². The van der Waals surface area contributed by atoms with E-state index in [1.807, 2.05) is 25.1 Å². The molecule has 1 amide bonds. The molecular weight excluding hydrogens is 244 g/mol. The highest BCUT2D eigenvalue weighted by molar-refractivity contribution is 5.76. The molecule has 1 unspecified atom stereocenters. The second kappa shape index (κ2) is 7.63. The van der Waals surface area contributed by atoms with Crippen LogP contribution < -0.4 is 20.5 Å². The van der Waals surface area contributed by atoms with Crippen LogP contribution >= 0.6 is 0 Å². The number of benzene rings is 1. The third kappa shape index (κ3) is 4.79. The zero-order valence-corrected chi connectivity index (χ0v) is 11.7. The van der Waals surface area contributed by atoms with Crippen LogP contribution in [0.4, 0.5) is 0 Å². The van der Waals surface area contributed by atoms with Crippen molar-refractivity contribution in [1.29, 1.82) is 0 Å². The minimum atomic E-state index is -0.0181. The molecule has 3 N–H and O–H groups in total. The molecule has 0 fully saturated rings. The Kier molecular flexibility index (Phi) is 6.15. The molecule has 0 bridgehead atoms. The number of ether oxygens (including phenoxy) is 2. The number of carbonyl (C=O) groups excluding carboxylic acids is 1. The van der Waals surface area contributed by atoms with E-state index in [0.717, 1.165) is 12.0 Å². The Balaban J connectivity index is 2.64. The zero-order valence-electron chi connectivity index (χ0n) is 11.7. The molecule has 5 nitrogen and oxygen atoms in total. The minimum absolute atomic E-state index is 0.0181. The average molecular weight is 266 g/mol. The highest BCUT2D eigenvalue weighted by Gasteiger charge is 2.10. The second-order valence-electron chi connectivity index (χ2n) is 4.40. The number of carbonyl (C=O) groups is 1. The van der Waals surface area contributed by atoms with Crippen LogP contribution in [0.1, 0.15) is 18.9 Å². The van der Waals surface area contributed by atoms with Crippen molar-refractivity contribution < 1.29 is 14.3 Å². The minimum Gasteiger partial charge on any atom is -0.493 e. The lowest BCUT2D eigenvalue weighted by molar-refractivity contribution is -0.121. The maximum atomic E-state index is 11.4. The van der Waals surface area contributed by atoms with E-state index in [2.05, 4.69) is 5.32 Å². The number of hydrogen-bond donors (Lipinski definition) is 2. The van der Waals surface area contributed by atoms with Gasteiger partial charge in [-0.05, 0) is 31.0 Å². The fourth-order valence-corrected chi connectivity index (χ4v) is 1.89. The van der Waals surface area contributed by atoms with E-state index in [-0.39, 0.29) is 11.9 Å². The highest BCUT2D eigenvalue weighted by Crippen LogP contribution is 2.27. The van der Waals surface area contributed by atoms with Crippen molar-refractivity contribution in [2.24, 2.45) is 5.73 Å². The smallest absolute Gasteiger partial charge is 0.221 e. The lowest BCUT2D eigenvalue weighted by Crippen LogP contribution is -2.35. The van der Waals surface area contributed by atoms with Gasteiger partial charge in [-0.1, -0.05) is 6.07 Å². The van der Waals surface area contributed by atoms with E-state index in [9.17, 15) is 4.79 Å². The van der Waals surface area contributed by atoms with Crippen molar-refractivity contribution in [3.05, 3.63) is 23.8 Å². The Hall–Kier alpha value is -1.75. The Bertz CT molecular complexity index is 421. The number of nitrogens with one attached hydrogen (secondary N) is 1. The van der Waals surface area contributed by atoms with E-state index >= 15 is 0 Å². The van der Waals surface area contributed by atoms with Crippen LogP contribution in [-0.4, -0.2) is 32.7 Å². The monoisotopic (exact) mass is 266 g/mol. The first kappa shape index (κ1) is 15.3. The van der Waals surface area contributed by atoms with Gasteiger partial charge in [0, 0.05) is 19.0 Å². The summed E-state index contributed by atoms with van der Waals surface area (Å²) in [6, 6.07) is 5.80. The van der Waals surface area contributed by atoms with E-state index < -0.39 is 0 Å². The van der Waals surface area contributed by atoms with Crippen molar-refractivity contribution in [2.45, 2.75) is 25.8 Å². The van der Waals surface area contributed by atoms with Gasteiger partial charge in [-0.2, -0.15) is 0 Å². The standard InChI is InChI=1S/C14H22N2O3/c1-10(16-14(17)6-7-15)8-11-4-5-12(18-2)13(9-11)19-3/h4-5,9-10H,6-8,15H2,1-3H3,(H,16,17). The molecule has 1 atom stereocenters. The number of hydrogen-bond acceptors (Lipinski definition) is 4. The van der Waals surface area contributed by atoms with Crippen LogP contribution in [0.25, 0.3) is 0 Å². The fourth-order valence-electron chi connectivity index (χ4n) is 1.89. The Morgan fingerprint density at radius 2 is 2.00 bits per heavy atom. The molecule has 0 radical (unpaired) electrons. The third-order valence-corrected chi connectivity index (χ3v) is 2.77. The second-order valence-corrected chi connectivity index (χ2v) is 4.40. The first-order chi connectivity index (χ1) is 9.10. The van der Waals surface area contributed by atoms with Gasteiger partial charge in [-0.15, -0.1) is 0 Å². The van der Waals surface area contributed by atoms with E-state index in [1.165, 1.54) is 0 Å². The molecule has 0 saturated heterocycles. The van der Waals surface area contributed by atoms with Crippen LogP contribution in [-0.2, 0) is 11.2 Å². The van der Waals surface area contributed by atoms with Crippen LogP contribution in [0, 0.1) is 0 Å². The summed E-state index contributed by atoms with van der Waals surface area (Å²) in [4.78, 5) is 11.4. The van der Waals surface area contributed by atoms with Gasteiger partial charge in [0.1, 0.15) is 0 Å². The first-order valence-electron chi connectivity index (χ1n) is 6.31. The van der Waals surface area contributed by atoms with Crippen molar-refractivity contribution in [3.8, 4) is 11.5 Å². The summed E-state index contributed by atoms with van der Waals surface area (Å²) in [5, 5.41) is 2.90. The summed E-state index contributed by atoms with van der Waals surface area (Å²) in [5.74, 6) is 1.38. The van der Waals surface area contributed by atoms with Crippen molar-refractivity contribution in [3.63, 3.8) is 0 Å². The van der Waals surface area contributed by atoms with Crippen molar-refractivity contribution >= 4 is 5.91 Å². The van der Waals surface area contributed by atoms with Crippen LogP contribution in [0.2, 0.25) is 0 Å². The highest BCUT2D eigenvalue weighted by atomic mass is 16.5. The zero-order chi connectivity index (χ0) is 14.3. The topological polar surface area (TPSA) is 73.6 Å². The molecule has 1 aromatic carbocycles. The van der Waals surface area contributed by atoms with Crippen LogP contribution in [0.3, 0.4) is 0 Å². The largest absolute Gasteiger partial charge is 0.493 e. The first-order valence-corrected chi connectivity index (χ1v) is 6.31. The van der Waals surface area contributed by atoms with Crippen molar-refractivity contribution in [2.75, 3.05) is 20.8 Å². The molecular formula is C14H22N2O3. The molecule has 0 aliphatic carbocycles. The molecule has 19 heavy (non-hydrogen) atoms. The summed E-state index contributed by atoms with van der Waals surface area (Å²) in [6.45, 7) is 2.33. The number of nitrogens with two attached hydrogens (primary N) is 1. The Labute approximate surface area is 114 Å². The molecule has 5 heteroatoms. The molecule has 1 aromatic rings. The molecule has 0 spiro atoms. The summed E-state index contributed by atoms with van der Waals surface area (Å²) < 4.78 is 10.4. The summed E-state index contributed by atoms with van der Waals surface area (Å²) in [5.41, 5.74) is 6.42. The number of rotatable bonds is 7. The average Bonchev–Trinajstić information content (AvgIpc) is 2.38. The maximum Gasteiger partial charge on any atom is 0.221 e. The lowest BCUT2D eigenvalue weighted by Gasteiger charge is -2.15. The van der Waals surface area contributed by atoms with Crippen LogP contribution in [0.5, 0.6) is 11.5 Å². The molecule has 1 rings (SSSR count). The summed E-state index contributed by atoms with van der Waals surface area (Å²) in [6.07, 6.45) is 1.09. The van der Waals surface area contributed by atoms with Crippen LogP contribution in [0.15, 0.2) is 18.2 Å². The predicted octanol–water partition coefficient (Wildman–Crippen LogP) is 1.10. The predicted molar refractivity (Wildman–Crippen MR) is 74.5 cm³/mol. The Morgan fingerprint density at radius 3 is 2.58 bits per heavy atom. The number of amides is 1. The quantitative estimate of drug-likeness (QED) is 0.775. The van der Waals surface area contributed by atoms with Gasteiger partial charge in [-0.25, -0.2) is 0 Å². The van der Waals surface area contributed by atoms with E-state index in [0.29, 0.717) is 24.5 Å². The van der Waals surface area contributed by atoms with Gasteiger partial charge >= 0.3 is 0 Å². The molecule has 0 saturated carbocycles. The summed E-state index contributed by atoms with van der Waals surface area (Å²) >= 11 is 0. The van der Waals surface area contributed by atoms with Gasteiger partial charge < -0.3 is 20.5 Å². The van der Waals surface area contributed by atoms with Gasteiger partial charge in [0.25, 0.3) is 0 Å². The molecule has 0 aliphatic heterocycles. The molecule has 0 aromatic heterocycles. The molecule has 0 aliphatic rings. The maximum absolute atomic E-state index is 11.4. The molecule has 0 heterocycles. The van der Waals surface area contributed by atoms with E-state index in [1.54, 1.807) is 14.2 Å². The normalized spacial score (nSPS) is 11.8. The summed E-state index contributed by atoms with van der Waals surface area (Å²) in [7, 11) is 3.21. The van der Waals surface area contributed by atoms with Gasteiger partial charge in [0.15, 0.2) is 11.5 Å². The Morgan fingerprint density at radius 1 is 1.32 bits per heavy atom. The number of methoxy groups -OCH3 is 2. The lowest BCUT2D eigenvalue weighted by atomic mass is 10.1. The van der Waals surface area contributed by atoms with E-state index in [4.69, 9.17) is 15.2 Å². The third-order valence-electron chi connectivity index (χ3n) is 2.77. The van der Waals surface area contributed by atoms with Gasteiger partial charge in [-0.3, -0.25) is 4.79 Å². The fraction of sp³-hybridized carbons (Fsp3) is 0.500. The van der Waals surface area contributed by atoms with Gasteiger partial charge in [0.05, 0.1) is 14.2 Å².